The Morgan fingerprint density at radius 1 is 1.32 bits per heavy atom. The van der Waals surface area contributed by atoms with Gasteiger partial charge in [0.15, 0.2) is 5.82 Å². The van der Waals surface area contributed by atoms with Gasteiger partial charge >= 0.3 is 0 Å². The van der Waals surface area contributed by atoms with Gasteiger partial charge in [-0.3, -0.25) is 4.98 Å². The molecular weight excluding hydrogens is 240 g/mol. The summed E-state index contributed by atoms with van der Waals surface area (Å²) in [7, 11) is 1.91. The number of aryl methyl sites for hydroxylation is 1. The van der Waals surface area contributed by atoms with E-state index in [9.17, 15) is 0 Å². The highest BCUT2D eigenvalue weighted by Crippen LogP contribution is 2.26. The molecule has 0 fully saturated rings. The van der Waals surface area contributed by atoms with Crippen molar-refractivity contribution >= 4 is 22.3 Å². The molecule has 0 aliphatic heterocycles. The van der Waals surface area contributed by atoms with Crippen molar-refractivity contribution in [1.29, 1.82) is 0 Å². The smallest absolute Gasteiger partial charge is 0.151 e. The average molecular weight is 254 g/mol. The van der Waals surface area contributed by atoms with E-state index < -0.39 is 0 Å². The van der Waals surface area contributed by atoms with E-state index in [4.69, 9.17) is 5.73 Å². The molecule has 0 saturated carbocycles. The van der Waals surface area contributed by atoms with Crippen LogP contribution in [0.5, 0.6) is 0 Å². The van der Waals surface area contributed by atoms with Crippen molar-refractivity contribution in [2.45, 2.75) is 6.54 Å². The molecule has 0 amide bonds. The van der Waals surface area contributed by atoms with Crippen molar-refractivity contribution in [3.05, 3.63) is 42.6 Å². The molecule has 0 aliphatic carbocycles. The van der Waals surface area contributed by atoms with Gasteiger partial charge in [-0.2, -0.15) is 0 Å². The van der Waals surface area contributed by atoms with Crippen LogP contribution in [0.2, 0.25) is 0 Å². The predicted octanol–water partition coefficient (Wildman–Crippen LogP) is 1.56. The second kappa shape index (κ2) is 4.56. The molecule has 0 unspecified atom stereocenters. The van der Waals surface area contributed by atoms with Gasteiger partial charge in [0.05, 0.1) is 17.7 Å². The Labute approximate surface area is 110 Å². The van der Waals surface area contributed by atoms with Gasteiger partial charge in [0, 0.05) is 24.3 Å². The molecule has 0 radical (unpaired) electrons. The standard InChI is InChI=1S/C13H14N6/c1-19-8-17-18-12(19)7-16-11-5-4-10(14)9-3-2-6-15-13(9)11/h2-6,8,16H,7,14H2,1H3. The van der Waals surface area contributed by atoms with Gasteiger partial charge in [-0.25, -0.2) is 0 Å². The van der Waals surface area contributed by atoms with E-state index in [-0.39, 0.29) is 0 Å². The molecule has 96 valence electrons. The molecule has 6 nitrogen and oxygen atoms in total. The second-order valence-electron chi connectivity index (χ2n) is 4.31. The van der Waals surface area contributed by atoms with Crippen molar-refractivity contribution in [3.8, 4) is 0 Å². The van der Waals surface area contributed by atoms with E-state index in [1.807, 2.05) is 35.9 Å². The van der Waals surface area contributed by atoms with Crippen LogP contribution in [0.1, 0.15) is 5.82 Å². The van der Waals surface area contributed by atoms with Crippen molar-refractivity contribution in [2.24, 2.45) is 7.05 Å². The number of nitrogen functional groups attached to an aromatic ring is 1. The molecular formula is C13H14N6. The molecule has 6 heteroatoms. The summed E-state index contributed by atoms with van der Waals surface area (Å²) in [6.45, 7) is 0.589. The molecule has 1 aromatic carbocycles. The molecule has 0 bridgehead atoms. The zero-order valence-electron chi connectivity index (χ0n) is 10.5. The summed E-state index contributed by atoms with van der Waals surface area (Å²) in [5, 5.41) is 12.1. The van der Waals surface area contributed by atoms with Crippen LogP contribution in [0.25, 0.3) is 10.9 Å². The first kappa shape index (κ1) is 11.5. The van der Waals surface area contributed by atoms with E-state index in [1.54, 1.807) is 12.5 Å². The number of hydrogen-bond donors (Lipinski definition) is 2. The zero-order chi connectivity index (χ0) is 13.2. The van der Waals surface area contributed by atoms with Crippen LogP contribution in [0, 0.1) is 0 Å². The Kier molecular flexibility index (Phi) is 2.75. The summed E-state index contributed by atoms with van der Waals surface area (Å²) in [5.41, 5.74) is 8.48. The second-order valence-corrected chi connectivity index (χ2v) is 4.31. The molecule has 2 heterocycles. The normalized spacial score (nSPS) is 10.8. The van der Waals surface area contributed by atoms with Crippen molar-refractivity contribution in [2.75, 3.05) is 11.1 Å². The first-order valence-electron chi connectivity index (χ1n) is 5.95. The van der Waals surface area contributed by atoms with E-state index in [2.05, 4.69) is 20.5 Å². The Balaban J connectivity index is 1.93. The molecule has 19 heavy (non-hydrogen) atoms. The van der Waals surface area contributed by atoms with Gasteiger partial charge in [0.1, 0.15) is 6.33 Å². The Hall–Kier alpha value is -2.63. The summed E-state index contributed by atoms with van der Waals surface area (Å²) < 4.78 is 1.87. The van der Waals surface area contributed by atoms with Crippen LogP contribution in [0.4, 0.5) is 11.4 Å². The van der Waals surface area contributed by atoms with Gasteiger partial charge in [-0.1, -0.05) is 0 Å². The maximum Gasteiger partial charge on any atom is 0.151 e. The highest BCUT2D eigenvalue weighted by atomic mass is 15.3. The average Bonchev–Trinajstić information content (AvgIpc) is 2.84. The largest absolute Gasteiger partial charge is 0.398 e. The molecule has 0 saturated heterocycles. The molecule has 0 spiro atoms. The monoisotopic (exact) mass is 254 g/mol. The van der Waals surface area contributed by atoms with Crippen molar-refractivity contribution in [3.63, 3.8) is 0 Å². The molecule has 3 N–H and O–H groups in total. The number of fused-ring (bicyclic) bond motifs is 1. The molecule has 3 aromatic rings. The maximum absolute atomic E-state index is 5.95. The minimum Gasteiger partial charge on any atom is -0.398 e. The lowest BCUT2D eigenvalue weighted by atomic mass is 10.1. The van der Waals surface area contributed by atoms with Crippen LogP contribution in [-0.4, -0.2) is 19.7 Å². The first-order chi connectivity index (χ1) is 9.25. The predicted molar refractivity (Wildman–Crippen MR) is 74.5 cm³/mol. The zero-order valence-corrected chi connectivity index (χ0v) is 10.5. The van der Waals surface area contributed by atoms with E-state index in [0.29, 0.717) is 6.54 Å². The van der Waals surface area contributed by atoms with E-state index >= 15 is 0 Å². The number of rotatable bonds is 3. The number of anilines is 2. The Morgan fingerprint density at radius 3 is 3.00 bits per heavy atom. The summed E-state index contributed by atoms with van der Waals surface area (Å²) in [4.78, 5) is 4.38. The minimum absolute atomic E-state index is 0.589. The summed E-state index contributed by atoms with van der Waals surface area (Å²) >= 11 is 0. The number of benzene rings is 1. The minimum atomic E-state index is 0.589. The van der Waals surface area contributed by atoms with Crippen LogP contribution in [-0.2, 0) is 13.6 Å². The molecule has 2 aromatic heterocycles. The summed E-state index contributed by atoms with van der Waals surface area (Å²) in [6, 6.07) is 7.65. The fraction of sp³-hybridized carbons (Fsp3) is 0.154. The SMILES string of the molecule is Cn1cnnc1CNc1ccc(N)c2cccnc12. The van der Waals surface area contributed by atoms with Crippen LogP contribution < -0.4 is 11.1 Å². The lowest BCUT2D eigenvalue weighted by Gasteiger charge is -2.10. The van der Waals surface area contributed by atoms with Gasteiger partial charge in [0.25, 0.3) is 0 Å². The van der Waals surface area contributed by atoms with E-state index in [0.717, 1.165) is 28.1 Å². The number of hydrogen-bond acceptors (Lipinski definition) is 5. The number of nitrogens with two attached hydrogens (primary N) is 1. The van der Waals surface area contributed by atoms with Crippen LogP contribution in [0.3, 0.4) is 0 Å². The number of nitrogens with zero attached hydrogens (tertiary/aromatic N) is 4. The molecule has 0 aliphatic rings. The number of pyridine rings is 1. The fourth-order valence-corrected chi connectivity index (χ4v) is 1.98. The van der Waals surface area contributed by atoms with Gasteiger partial charge in [-0.05, 0) is 24.3 Å². The summed E-state index contributed by atoms with van der Waals surface area (Å²) in [6.07, 6.45) is 3.44. The third-order valence-corrected chi connectivity index (χ3v) is 3.05. The van der Waals surface area contributed by atoms with Crippen LogP contribution in [0.15, 0.2) is 36.8 Å². The Morgan fingerprint density at radius 2 is 2.21 bits per heavy atom. The van der Waals surface area contributed by atoms with Gasteiger partial charge in [-0.15, -0.1) is 10.2 Å². The van der Waals surface area contributed by atoms with Crippen molar-refractivity contribution in [1.82, 2.24) is 19.7 Å². The third-order valence-electron chi connectivity index (χ3n) is 3.05. The lowest BCUT2D eigenvalue weighted by Crippen LogP contribution is -2.06. The highest BCUT2D eigenvalue weighted by Gasteiger charge is 2.06. The van der Waals surface area contributed by atoms with Crippen LogP contribution >= 0.6 is 0 Å². The van der Waals surface area contributed by atoms with Gasteiger partial charge < -0.3 is 15.6 Å². The number of aromatic nitrogens is 4. The third kappa shape index (κ3) is 2.08. The fourth-order valence-electron chi connectivity index (χ4n) is 1.98. The van der Waals surface area contributed by atoms with Gasteiger partial charge in [0.2, 0.25) is 0 Å². The Bertz CT molecular complexity index is 718. The maximum atomic E-state index is 5.95. The molecule has 0 atom stereocenters. The first-order valence-corrected chi connectivity index (χ1v) is 5.95. The lowest BCUT2D eigenvalue weighted by molar-refractivity contribution is 0.812. The highest BCUT2D eigenvalue weighted by molar-refractivity contribution is 5.98. The van der Waals surface area contributed by atoms with E-state index in [1.165, 1.54) is 0 Å². The quantitative estimate of drug-likeness (QED) is 0.693. The topological polar surface area (TPSA) is 81.7 Å². The molecule has 3 rings (SSSR count). The number of nitrogens with one attached hydrogen (secondary N) is 1. The van der Waals surface area contributed by atoms with Crippen molar-refractivity contribution < 1.29 is 0 Å². The summed E-state index contributed by atoms with van der Waals surface area (Å²) in [5.74, 6) is 0.862.